The molecule has 0 spiro atoms. The van der Waals surface area contributed by atoms with E-state index in [4.69, 9.17) is 21.1 Å². The minimum Gasteiger partial charge on any atom is -0.476 e. The van der Waals surface area contributed by atoms with E-state index in [-0.39, 0.29) is 11.7 Å². The highest BCUT2D eigenvalue weighted by Gasteiger charge is 2.32. The average Bonchev–Trinajstić information content (AvgIpc) is 2.95. The van der Waals surface area contributed by atoms with Crippen molar-refractivity contribution >= 4 is 29.3 Å². The molecule has 210 valence electrons. The van der Waals surface area contributed by atoms with Crippen LogP contribution in [0, 0.1) is 0 Å². The van der Waals surface area contributed by atoms with Crippen LogP contribution >= 0.6 is 11.6 Å². The molecular weight excluding hydrogens is 530 g/mol. The van der Waals surface area contributed by atoms with Gasteiger partial charge in [0.25, 0.3) is 5.91 Å². The van der Waals surface area contributed by atoms with Gasteiger partial charge in [0, 0.05) is 48.9 Å². The summed E-state index contributed by atoms with van der Waals surface area (Å²) in [7, 11) is 0. The number of rotatable bonds is 11. The van der Waals surface area contributed by atoms with Crippen molar-refractivity contribution in [2.45, 2.75) is 25.9 Å². The molecule has 0 radical (unpaired) electrons. The molecule has 0 aromatic heterocycles. The predicted molar refractivity (Wildman–Crippen MR) is 154 cm³/mol. The van der Waals surface area contributed by atoms with E-state index in [1.165, 1.54) is 0 Å². The molecule has 4 rings (SSSR count). The van der Waals surface area contributed by atoms with E-state index in [0.717, 1.165) is 31.7 Å². The highest BCUT2D eigenvalue weighted by Crippen LogP contribution is 2.22. The number of Topliss-reactive ketones (excluding diaryl/α,β-unsaturated/α-hetero) is 1. The van der Waals surface area contributed by atoms with Crippen molar-refractivity contribution in [3.63, 3.8) is 0 Å². The van der Waals surface area contributed by atoms with Gasteiger partial charge in [0.15, 0.2) is 5.78 Å². The van der Waals surface area contributed by atoms with Crippen molar-refractivity contribution in [2.24, 2.45) is 0 Å². The number of piperazine rings is 1. The molecule has 0 unspecified atom stereocenters. The number of carbonyl (C=O) groups is 3. The summed E-state index contributed by atoms with van der Waals surface area (Å²) in [4.78, 5) is 39.8. The standard InChI is InChI=1S/C31H34ClN3O5/c1-31(2,30(38)39-26-13-7-23(8-14-26)28(36)21-35-19-17-33-18-20-35)40-27-11-3-22(4-12-27)15-16-34-29(37)24-5-9-25(32)10-6-24/h3-14,33H,15-21H2,1-2H3,(H,34,37). The minimum atomic E-state index is -1.25. The maximum atomic E-state index is 12.9. The van der Waals surface area contributed by atoms with Crippen LogP contribution < -0.4 is 20.1 Å². The van der Waals surface area contributed by atoms with E-state index in [1.807, 2.05) is 12.1 Å². The Morgan fingerprint density at radius 3 is 2.12 bits per heavy atom. The lowest BCUT2D eigenvalue weighted by Gasteiger charge is -2.26. The maximum absolute atomic E-state index is 12.9. The number of amides is 1. The van der Waals surface area contributed by atoms with Crippen LogP contribution in [0.1, 0.15) is 40.1 Å². The molecular formula is C31H34ClN3O5. The fourth-order valence-electron chi connectivity index (χ4n) is 4.19. The van der Waals surface area contributed by atoms with Crippen molar-refractivity contribution in [1.29, 1.82) is 0 Å². The van der Waals surface area contributed by atoms with E-state index in [9.17, 15) is 14.4 Å². The Hall–Kier alpha value is -3.72. The van der Waals surface area contributed by atoms with Crippen LogP contribution in [0.2, 0.25) is 5.02 Å². The predicted octanol–water partition coefficient (Wildman–Crippen LogP) is 4.16. The van der Waals surface area contributed by atoms with Gasteiger partial charge in [-0.3, -0.25) is 14.5 Å². The number of hydrogen-bond acceptors (Lipinski definition) is 7. The number of ketones is 1. The molecule has 2 N–H and O–H groups in total. The van der Waals surface area contributed by atoms with Crippen molar-refractivity contribution in [3.05, 3.63) is 94.5 Å². The van der Waals surface area contributed by atoms with Crippen LogP contribution in [0.3, 0.4) is 0 Å². The zero-order valence-electron chi connectivity index (χ0n) is 22.7. The monoisotopic (exact) mass is 563 g/mol. The number of halogens is 1. The SMILES string of the molecule is CC(C)(Oc1ccc(CCNC(=O)c2ccc(Cl)cc2)cc1)C(=O)Oc1ccc(C(=O)CN2CCNCC2)cc1. The molecule has 1 fully saturated rings. The zero-order valence-corrected chi connectivity index (χ0v) is 23.5. The fraction of sp³-hybridized carbons (Fsp3) is 0.323. The number of carbonyl (C=O) groups excluding carboxylic acids is 3. The summed E-state index contributed by atoms with van der Waals surface area (Å²) < 4.78 is 11.5. The lowest BCUT2D eigenvalue weighted by atomic mass is 10.1. The molecule has 0 atom stereocenters. The van der Waals surface area contributed by atoms with Crippen LogP contribution in [0.5, 0.6) is 11.5 Å². The van der Waals surface area contributed by atoms with Gasteiger partial charge in [-0.1, -0.05) is 23.7 Å². The lowest BCUT2D eigenvalue weighted by Crippen LogP contribution is -2.45. The van der Waals surface area contributed by atoms with Crippen LogP contribution in [0.25, 0.3) is 0 Å². The van der Waals surface area contributed by atoms with Crippen LogP contribution in [0.4, 0.5) is 0 Å². The normalized spacial score (nSPS) is 13.9. The van der Waals surface area contributed by atoms with Crippen LogP contribution in [-0.4, -0.2) is 67.4 Å². The lowest BCUT2D eigenvalue weighted by molar-refractivity contribution is -0.149. The zero-order chi connectivity index (χ0) is 28.5. The average molecular weight is 564 g/mol. The second-order valence-electron chi connectivity index (χ2n) is 10.1. The topological polar surface area (TPSA) is 97.0 Å². The first-order chi connectivity index (χ1) is 19.2. The fourth-order valence-corrected chi connectivity index (χ4v) is 4.31. The summed E-state index contributed by atoms with van der Waals surface area (Å²) >= 11 is 5.87. The highest BCUT2D eigenvalue weighted by atomic mass is 35.5. The quantitative estimate of drug-likeness (QED) is 0.205. The van der Waals surface area contributed by atoms with Gasteiger partial charge >= 0.3 is 5.97 Å². The summed E-state index contributed by atoms with van der Waals surface area (Å²) in [5.74, 6) is 0.187. The third-order valence-corrected chi connectivity index (χ3v) is 6.81. The van der Waals surface area contributed by atoms with Gasteiger partial charge in [0.05, 0.1) is 6.54 Å². The van der Waals surface area contributed by atoms with Crippen molar-refractivity contribution in [2.75, 3.05) is 39.3 Å². The van der Waals surface area contributed by atoms with Gasteiger partial charge in [-0.25, -0.2) is 4.79 Å². The third kappa shape index (κ3) is 8.39. The molecule has 0 aliphatic carbocycles. The second-order valence-corrected chi connectivity index (χ2v) is 10.6. The molecule has 3 aromatic carbocycles. The van der Waals surface area contributed by atoms with E-state index >= 15 is 0 Å². The van der Waals surface area contributed by atoms with Crippen molar-refractivity contribution < 1.29 is 23.9 Å². The molecule has 1 amide bonds. The number of ether oxygens (including phenoxy) is 2. The smallest absolute Gasteiger partial charge is 0.355 e. The van der Waals surface area contributed by atoms with Crippen molar-refractivity contribution in [3.8, 4) is 11.5 Å². The second kappa shape index (κ2) is 13.6. The Labute approximate surface area is 239 Å². The van der Waals surface area contributed by atoms with E-state index in [0.29, 0.717) is 47.2 Å². The molecule has 0 saturated carbocycles. The van der Waals surface area contributed by atoms with Gasteiger partial charge < -0.3 is 20.1 Å². The van der Waals surface area contributed by atoms with Crippen LogP contribution in [-0.2, 0) is 11.2 Å². The summed E-state index contributed by atoms with van der Waals surface area (Å²) in [5, 5.41) is 6.74. The number of esters is 1. The molecule has 1 aliphatic heterocycles. The number of benzene rings is 3. The Kier molecular flexibility index (Phi) is 9.93. The summed E-state index contributed by atoms with van der Waals surface area (Å²) in [6, 6.07) is 20.7. The Bertz CT molecular complexity index is 1300. The third-order valence-electron chi connectivity index (χ3n) is 6.56. The Balaban J connectivity index is 1.23. The summed E-state index contributed by atoms with van der Waals surface area (Å²) in [5.41, 5.74) is 0.900. The Morgan fingerprint density at radius 2 is 1.48 bits per heavy atom. The van der Waals surface area contributed by atoms with Crippen LogP contribution in [0.15, 0.2) is 72.8 Å². The molecule has 1 aliphatic rings. The van der Waals surface area contributed by atoms with E-state index < -0.39 is 11.6 Å². The van der Waals surface area contributed by atoms with Gasteiger partial charge in [0.2, 0.25) is 5.60 Å². The van der Waals surface area contributed by atoms with Gasteiger partial charge in [-0.2, -0.15) is 0 Å². The van der Waals surface area contributed by atoms with Gasteiger partial charge in [-0.05, 0) is 86.5 Å². The van der Waals surface area contributed by atoms with Crippen molar-refractivity contribution in [1.82, 2.24) is 15.5 Å². The molecule has 40 heavy (non-hydrogen) atoms. The molecule has 9 heteroatoms. The Morgan fingerprint density at radius 1 is 0.875 bits per heavy atom. The molecule has 0 bridgehead atoms. The summed E-state index contributed by atoms with van der Waals surface area (Å²) in [6.07, 6.45) is 0.638. The van der Waals surface area contributed by atoms with E-state index in [1.54, 1.807) is 74.5 Å². The maximum Gasteiger partial charge on any atom is 0.355 e. The van der Waals surface area contributed by atoms with Gasteiger partial charge in [-0.15, -0.1) is 0 Å². The number of nitrogens with one attached hydrogen (secondary N) is 2. The first-order valence-corrected chi connectivity index (χ1v) is 13.7. The first-order valence-electron chi connectivity index (χ1n) is 13.3. The molecule has 3 aromatic rings. The molecule has 8 nitrogen and oxygen atoms in total. The molecule has 1 saturated heterocycles. The summed E-state index contributed by atoms with van der Waals surface area (Å²) in [6.45, 7) is 7.59. The number of hydrogen-bond donors (Lipinski definition) is 2. The largest absolute Gasteiger partial charge is 0.476 e. The number of nitrogens with zero attached hydrogens (tertiary/aromatic N) is 1. The minimum absolute atomic E-state index is 0.0378. The molecule has 1 heterocycles. The highest BCUT2D eigenvalue weighted by molar-refractivity contribution is 6.30. The van der Waals surface area contributed by atoms with Gasteiger partial charge in [0.1, 0.15) is 11.5 Å². The first kappa shape index (κ1) is 29.3. The van der Waals surface area contributed by atoms with E-state index in [2.05, 4.69) is 15.5 Å².